The first-order valence-corrected chi connectivity index (χ1v) is 6.96. The molecule has 0 atom stereocenters. The Kier molecular flexibility index (Phi) is 2.96. The Bertz CT molecular complexity index is 656. The third-order valence-electron chi connectivity index (χ3n) is 3.88. The average Bonchev–Trinajstić information content (AvgIpc) is 2.65. The summed E-state index contributed by atoms with van der Waals surface area (Å²) < 4.78 is 1.91. The zero-order chi connectivity index (χ0) is 14.3. The van der Waals surface area contributed by atoms with E-state index in [1.54, 1.807) is 6.20 Å². The fourth-order valence-corrected chi connectivity index (χ4v) is 2.93. The standard InChI is InChI=1S/C16H19N3O/c1-11-15-13(8-16(2,3)9-14(15)20)18-19(11)10-12-6-4-5-7-17-12/h4-7H,8-10H2,1-3H3. The number of nitrogens with zero attached hydrogens (tertiary/aromatic N) is 3. The maximum atomic E-state index is 12.3. The fraction of sp³-hybridized carbons (Fsp3) is 0.438. The van der Waals surface area contributed by atoms with Gasteiger partial charge in [0.15, 0.2) is 5.78 Å². The lowest BCUT2D eigenvalue weighted by Gasteiger charge is -2.27. The Balaban J connectivity index is 1.98. The molecule has 1 aliphatic carbocycles. The Labute approximate surface area is 118 Å². The van der Waals surface area contributed by atoms with E-state index in [9.17, 15) is 4.79 Å². The SMILES string of the molecule is Cc1c2c(nn1Cc1ccccn1)CC(C)(C)CC2=O. The molecule has 0 fully saturated rings. The fourth-order valence-electron chi connectivity index (χ4n) is 2.93. The third kappa shape index (κ3) is 2.26. The molecule has 1 aliphatic rings. The van der Waals surface area contributed by atoms with Gasteiger partial charge in [0.05, 0.1) is 23.5 Å². The molecule has 2 aromatic heterocycles. The first kappa shape index (κ1) is 13.0. The van der Waals surface area contributed by atoms with E-state index in [1.165, 1.54) is 0 Å². The molecule has 4 heteroatoms. The van der Waals surface area contributed by atoms with Gasteiger partial charge in [-0.3, -0.25) is 14.5 Å². The zero-order valence-electron chi connectivity index (χ0n) is 12.2. The van der Waals surface area contributed by atoms with Gasteiger partial charge >= 0.3 is 0 Å². The van der Waals surface area contributed by atoms with Crippen molar-refractivity contribution in [3.8, 4) is 0 Å². The van der Waals surface area contributed by atoms with Crippen molar-refractivity contribution in [1.82, 2.24) is 14.8 Å². The second kappa shape index (κ2) is 4.54. The van der Waals surface area contributed by atoms with Crippen LogP contribution in [0.25, 0.3) is 0 Å². The number of fused-ring (bicyclic) bond motifs is 1. The molecular weight excluding hydrogens is 250 g/mol. The number of Topliss-reactive ketones (excluding diaryl/α,β-unsaturated/α-hetero) is 1. The van der Waals surface area contributed by atoms with Gasteiger partial charge in [0, 0.05) is 18.3 Å². The summed E-state index contributed by atoms with van der Waals surface area (Å²) in [5.41, 5.74) is 3.72. The van der Waals surface area contributed by atoms with Gasteiger partial charge in [0.2, 0.25) is 0 Å². The van der Waals surface area contributed by atoms with Crippen LogP contribution in [0.2, 0.25) is 0 Å². The Hall–Kier alpha value is -1.97. The van der Waals surface area contributed by atoms with E-state index >= 15 is 0 Å². The summed E-state index contributed by atoms with van der Waals surface area (Å²) in [6.07, 6.45) is 3.25. The topological polar surface area (TPSA) is 47.8 Å². The summed E-state index contributed by atoms with van der Waals surface area (Å²) in [5.74, 6) is 0.223. The maximum absolute atomic E-state index is 12.3. The smallest absolute Gasteiger partial charge is 0.167 e. The molecule has 0 aliphatic heterocycles. The molecule has 0 unspecified atom stereocenters. The molecule has 0 saturated carbocycles. The lowest BCUT2D eigenvalue weighted by Crippen LogP contribution is -2.26. The van der Waals surface area contributed by atoms with Crippen LogP contribution >= 0.6 is 0 Å². The van der Waals surface area contributed by atoms with Crippen molar-refractivity contribution in [3.63, 3.8) is 0 Å². The number of carbonyl (C=O) groups excluding carboxylic acids is 1. The summed E-state index contributed by atoms with van der Waals surface area (Å²) in [7, 11) is 0. The lowest BCUT2D eigenvalue weighted by atomic mass is 9.76. The van der Waals surface area contributed by atoms with E-state index in [2.05, 4.69) is 23.9 Å². The average molecular weight is 269 g/mol. The van der Waals surface area contributed by atoms with Crippen LogP contribution < -0.4 is 0 Å². The van der Waals surface area contributed by atoms with E-state index in [4.69, 9.17) is 0 Å². The summed E-state index contributed by atoms with van der Waals surface area (Å²) in [6.45, 7) is 6.85. The normalized spacial score (nSPS) is 17.1. The molecule has 0 amide bonds. The number of pyridine rings is 1. The molecule has 4 nitrogen and oxygen atoms in total. The highest BCUT2D eigenvalue weighted by Crippen LogP contribution is 2.35. The second-order valence-corrected chi connectivity index (χ2v) is 6.33. The van der Waals surface area contributed by atoms with E-state index in [1.807, 2.05) is 29.8 Å². The van der Waals surface area contributed by atoms with Crippen molar-refractivity contribution < 1.29 is 4.79 Å². The molecule has 0 N–H and O–H groups in total. The molecule has 20 heavy (non-hydrogen) atoms. The number of hydrogen-bond donors (Lipinski definition) is 0. The van der Waals surface area contributed by atoms with Crippen molar-refractivity contribution in [2.75, 3.05) is 0 Å². The van der Waals surface area contributed by atoms with Crippen LogP contribution in [0.4, 0.5) is 0 Å². The molecule has 2 aromatic rings. The Morgan fingerprint density at radius 1 is 1.30 bits per heavy atom. The van der Waals surface area contributed by atoms with Crippen LogP contribution in [0.15, 0.2) is 24.4 Å². The number of ketones is 1. The molecule has 104 valence electrons. The highest BCUT2D eigenvalue weighted by atomic mass is 16.1. The van der Waals surface area contributed by atoms with Crippen LogP contribution in [-0.2, 0) is 13.0 Å². The van der Waals surface area contributed by atoms with E-state index < -0.39 is 0 Å². The van der Waals surface area contributed by atoms with E-state index in [0.717, 1.165) is 29.1 Å². The monoisotopic (exact) mass is 269 g/mol. The molecule has 3 rings (SSSR count). The molecule has 0 aromatic carbocycles. The Morgan fingerprint density at radius 3 is 2.80 bits per heavy atom. The van der Waals surface area contributed by atoms with Gasteiger partial charge < -0.3 is 0 Å². The minimum atomic E-state index is 0.0146. The van der Waals surface area contributed by atoms with E-state index in [-0.39, 0.29) is 11.2 Å². The van der Waals surface area contributed by atoms with E-state index in [0.29, 0.717) is 13.0 Å². The maximum Gasteiger partial charge on any atom is 0.167 e. The van der Waals surface area contributed by atoms with Crippen molar-refractivity contribution >= 4 is 5.78 Å². The summed E-state index contributed by atoms with van der Waals surface area (Å²) >= 11 is 0. The lowest BCUT2D eigenvalue weighted by molar-refractivity contribution is 0.0911. The molecule has 0 spiro atoms. The summed E-state index contributed by atoms with van der Waals surface area (Å²) in [4.78, 5) is 16.6. The summed E-state index contributed by atoms with van der Waals surface area (Å²) in [6, 6.07) is 5.84. The summed E-state index contributed by atoms with van der Waals surface area (Å²) in [5, 5.41) is 4.65. The Morgan fingerprint density at radius 2 is 2.10 bits per heavy atom. The van der Waals surface area contributed by atoms with Gasteiger partial charge in [-0.15, -0.1) is 0 Å². The van der Waals surface area contributed by atoms with Crippen molar-refractivity contribution in [1.29, 1.82) is 0 Å². The predicted octanol–water partition coefficient (Wildman–Crippen LogP) is 2.79. The van der Waals surface area contributed by atoms with Crippen LogP contribution in [0, 0.1) is 12.3 Å². The molecule has 0 bridgehead atoms. The number of rotatable bonds is 2. The number of carbonyl (C=O) groups is 1. The van der Waals surface area contributed by atoms with Crippen LogP contribution in [0.5, 0.6) is 0 Å². The van der Waals surface area contributed by atoms with Crippen molar-refractivity contribution in [2.24, 2.45) is 5.41 Å². The molecule has 2 heterocycles. The van der Waals surface area contributed by atoms with Crippen molar-refractivity contribution in [3.05, 3.63) is 47.0 Å². The van der Waals surface area contributed by atoms with Gasteiger partial charge in [-0.2, -0.15) is 5.10 Å². The largest absolute Gasteiger partial charge is 0.294 e. The van der Waals surface area contributed by atoms with Crippen LogP contribution in [-0.4, -0.2) is 20.5 Å². The predicted molar refractivity (Wildman–Crippen MR) is 76.7 cm³/mol. The van der Waals surface area contributed by atoms with Crippen LogP contribution in [0.3, 0.4) is 0 Å². The van der Waals surface area contributed by atoms with Gasteiger partial charge in [-0.25, -0.2) is 0 Å². The van der Waals surface area contributed by atoms with Crippen molar-refractivity contribution in [2.45, 2.75) is 40.2 Å². The first-order valence-electron chi connectivity index (χ1n) is 6.96. The quantitative estimate of drug-likeness (QED) is 0.842. The first-order chi connectivity index (χ1) is 9.46. The van der Waals surface area contributed by atoms with Crippen LogP contribution in [0.1, 0.15) is 47.7 Å². The highest BCUT2D eigenvalue weighted by molar-refractivity contribution is 5.99. The van der Waals surface area contributed by atoms with Gasteiger partial charge in [-0.05, 0) is 30.9 Å². The molecule has 0 saturated heterocycles. The minimum absolute atomic E-state index is 0.0146. The van der Waals surface area contributed by atoms with Gasteiger partial charge in [0.25, 0.3) is 0 Å². The highest BCUT2D eigenvalue weighted by Gasteiger charge is 2.34. The zero-order valence-corrected chi connectivity index (χ0v) is 12.2. The second-order valence-electron chi connectivity index (χ2n) is 6.33. The molecule has 0 radical (unpaired) electrons. The number of hydrogen-bond acceptors (Lipinski definition) is 3. The number of aromatic nitrogens is 3. The molecular formula is C16H19N3O. The minimum Gasteiger partial charge on any atom is -0.294 e. The third-order valence-corrected chi connectivity index (χ3v) is 3.88. The van der Waals surface area contributed by atoms with Gasteiger partial charge in [-0.1, -0.05) is 19.9 Å². The van der Waals surface area contributed by atoms with Gasteiger partial charge in [0.1, 0.15) is 0 Å².